The SMILES string of the molecule is Clc1ccc(CSc2n[nH]c(N/N=C/C3=NCc4ccccc43)n2)cc1Cl. The smallest absolute Gasteiger partial charge is 0.240 e. The highest BCUT2D eigenvalue weighted by Gasteiger charge is 2.12. The van der Waals surface area contributed by atoms with E-state index in [4.69, 9.17) is 23.2 Å². The van der Waals surface area contributed by atoms with Crippen LogP contribution in [-0.4, -0.2) is 27.1 Å². The van der Waals surface area contributed by atoms with Gasteiger partial charge in [-0.15, -0.1) is 5.10 Å². The van der Waals surface area contributed by atoms with E-state index in [-0.39, 0.29) is 0 Å². The lowest BCUT2D eigenvalue weighted by atomic mass is 10.1. The molecule has 2 aromatic carbocycles. The summed E-state index contributed by atoms with van der Waals surface area (Å²) in [5.74, 6) is 1.15. The van der Waals surface area contributed by atoms with Crippen molar-refractivity contribution in [3.05, 3.63) is 69.2 Å². The Balaban J connectivity index is 1.33. The zero-order chi connectivity index (χ0) is 18.6. The molecule has 0 amide bonds. The van der Waals surface area contributed by atoms with E-state index in [0.29, 0.717) is 33.4 Å². The van der Waals surface area contributed by atoms with Gasteiger partial charge in [0.1, 0.15) is 0 Å². The van der Waals surface area contributed by atoms with E-state index >= 15 is 0 Å². The Labute approximate surface area is 170 Å². The lowest BCUT2D eigenvalue weighted by molar-refractivity contribution is 0.972. The minimum Gasteiger partial charge on any atom is -0.278 e. The third-order valence-electron chi connectivity index (χ3n) is 3.89. The first-order valence-electron chi connectivity index (χ1n) is 8.10. The van der Waals surface area contributed by atoms with E-state index < -0.39 is 0 Å². The minimum atomic E-state index is 0.467. The molecule has 0 fully saturated rings. The highest BCUT2D eigenvalue weighted by molar-refractivity contribution is 7.98. The van der Waals surface area contributed by atoms with E-state index in [0.717, 1.165) is 16.8 Å². The number of thioether (sulfide) groups is 1. The highest BCUT2D eigenvalue weighted by Crippen LogP contribution is 2.26. The molecule has 9 heteroatoms. The molecule has 0 spiro atoms. The number of rotatable bonds is 6. The summed E-state index contributed by atoms with van der Waals surface area (Å²) in [6, 6.07) is 13.7. The van der Waals surface area contributed by atoms with Crippen molar-refractivity contribution >= 4 is 52.8 Å². The van der Waals surface area contributed by atoms with Gasteiger partial charge in [0.05, 0.1) is 28.5 Å². The predicted octanol–water partition coefficient (Wildman–Crippen LogP) is 4.80. The molecule has 2 N–H and O–H groups in total. The second kappa shape index (κ2) is 8.12. The van der Waals surface area contributed by atoms with Gasteiger partial charge in [0.2, 0.25) is 11.1 Å². The first kappa shape index (κ1) is 18.0. The van der Waals surface area contributed by atoms with Crippen molar-refractivity contribution in [2.75, 3.05) is 5.43 Å². The Morgan fingerprint density at radius 1 is 1.19 bits per heavy atom. The summed E-state index contributed by atoms with van der Waals surface area (Å²) in [6.07, 6.45) is 1.69. The Hall–Kier alpha value is -2.35. The lowest BCUT2D eigenvalue weighted by Gasteiger charge is -2.00. The quantitative estimate of drug-likeness (QED) is 0.343. The molecule has 1 aromatic heterocycles. The van der Waals surface area contributed by atoms with Gasteiger partial charge < -0.3 is 0 Å². The summed E-state index contributed by atoms with van der Waals surface area (Å²) < 4.78 is 0. The topological polar surface area (TPSA) is 78.3 Å². The monoisotopic (exact) mass is 416 g/mol. The van der Waals surface area contributed by atoms with Gasteiger partial charge in [-0.05, 0) is 23.3 Å². The summed E-state index contributed by atoms with van der Waals surface area (Å²) in [4.78, 5) is 8.82. The molecular formula is C18H14Cl2N6S. The van der Waals surface area contributed by atoms with Gasteiger partial charge in [0.15, 0.2) is 0 Å². The summed E-state index contributed by atoms with van der Waals surface area (Å²) >= 11 is 13.4. The van der Waals surface area contributed by atoms with E-state index in [9.17, 15) is 0 Å². The van der Waals surface area contributed by atoms with Crippen LogP contribution in [0.4, 0.5) is 5.95 Å². The highest BCUT2D eigenvalue weighted by atomic mass is 35.5. The molecule has 0 atom stereocenters. The fourth-order valence-electron chi connectivity index (χ4n) is 2.57. The second-order valence-electron chi connectivity index (χ2n) is 5.73. The van der Waals surface area contributed by atoms with Crippen LogP contribution in [0.15, 0.2) is 57.7 Å². The van der Waals surface area contributed by atoms with Gasteiger partial charge in [-0.1, -0.05) is 65.3 Å². The molecule has 4 rings (SSSR count). The van der Waals surface area contributed by atoms with Crippen molar-refractivity contribution in [3.63, 3.8) is 0 Å². The van der Waals surface area contributed by atoms with E-state index in [1.54, 1.807) is 12.3 Å². The van der Waals surface area contributed by atoms with E-state index in [2.05, 4.69) is 36.8 Å². The molecule has 6 nitrogen and oxygen atoms in total. The Morgan fingerprint density at radius 2 is 2.07 bits per heavy atom. The molecule has 0 bridgehead atoms. The van der Waals surface area contributed by atoms with Crippen LogP contribution in [0, 0.1) is 0 Å². The number of anilines is 1. The maximum absolute atomic E-state index is 6.03. The summed E-state index contributed by atoms with van der Waals surface area (Å²) in [6.45, 7) is 0.690. The van der Waals surface area contributed by atoms with Gasteiger partial charge in [0, 0.05) is 11.3 Å². The van der Waals surface area contributed by atoms with Gasteiger partial charge in [-0.2, -0.15) is 10.1 Å². The van der Waals surface area contributed by atoms with Gasteiger partial charge >= 0.3 is 0 Å². The van der Waals surface area contributed by atoms with Crippen LogP contribution in [-0.2, 0) is 12.3 Å². The van der Waals surface area contributed by atoms with Crippen molar-refractivity contribution in [3.8, 4) is 0 Å². The number of fused-ring (bicyclic) bond motifs is 1. The number of nitrogens with zero attached hydrogens (tertiary/aromatic N) is 4. The normalized spacial score (nSPS) is 13.0. The summed E-state index contributed by atoms with van der Waals surface area (Å²) in [7, 11) is 0. The third-order valence-corrected chi connectivity index (χ3v) is 5.54. The lowest BCUT2D eigenvalue weighted by Crippen LogP contribution is -2.02. The van der Waals surface area contributed by atoms with Crippen molar-refractivity contribution in [1.82, 2.24) is 15.2 Å². The van der Waals surface area contributed by atoms with Crippen LogP contribution in [0.5, 0.6) is 0 Å². The Morgan fingerprint density at radius 3 is 2.96 bits per heavy atom. The van der Waals surface area contributed by atoms with Crippen LogP contribution in [0.25, 0.3) is 0 Å². The molecule has 0 saturated carbocycles. The third kappa shape index (κ3) is 4.32. The van der Waals surface area contributed by atoms with Crippen molar-refractivity contribution < 1.29 is 0 Å². The van der Waals surface area contributed by atoms with Gasteiger partial charge in [0.25, 0.3) is 0 Å². The molecule has 1 aliphatic heterocycles. The van der Waals surface area contributed by atoms with Crippen LogP contribution in [0.2, 0.25) is 10.0 Å². The first-order valence-corrected chi connectivity index (χ1v) is 9.84. The number of aromatic amines is 1. The van der Waals surface area contributed by atoms with Crippen molar-refractivity contribution in [1.29, 1.82) is 0 Å². The fraction of sp³-hybridized carbons (Fsp3) is 0.111. The first-order chi connectivity index (χ1) is 13.2. The molecule has 136 valence electrons. The molecule has 1 aliphatic rings. The maximum atomic E-state index is 6.03. The molecule has 0 aliphatic carbocycles. The average molecular weight is 417 g/mol. The number of hydrogen-bond acceptors (Lipinski definition) is 6. The maximum Gasteiger partial charge on any atom is 0.240 e. The number of hydrazone groups is 1. The Kier molecular flexibility index (Phi) is 5.42. The number of benzene rings is 2. The number of nitrogens with one attached hydrogen (secondary N) is 2. The van der Waals surface area contributed by atoms with Crippen LogP contribution in [0.3, 0.4) is 0 Å². The number of hydrogen-bond donors (Lipinski definition) is 2. The molecule has 27 heavy (non-hydrogen) atoms. The van der Waals surface area contributed by atoms with Crippen LogP contribution >= 0.6 is 35.0 Å². The zero-order valence-corrected chi connectivity index (χ0v) is 16.3. The van der Waals surface area contributed by atoms with Crippen molar-refractivity contribution in [2.24, 2.45) is 10.1 Å². The largest absolute Gasteiger partial charge is 0.278 e. The Bertz CT molecular complexity index is 1030. The van der Waals surface area contributed by atoms with Crippen molar-refractivity contribution in [2.45, 2.75) is 17.5 Å². The number of aliphatic imine (C=N–C) groups is 1. The zero-order valence-electron chi connectivity index (χ0n) is 14.0. The number of halogens is 2. The fourth-order valence-corrected chi connectivity index (χ4v) is 3.63. The van der Waals surface area contributed by atoms with E-state index in [1.807, 2.05) is 30.3 Å². The molecule has 0 unspecified atom stereocenters. The van der Waals surface area contributed by atoms with Crippen LogP contribution in [0.1, 0.15) is 16.7 Å². The predicted molar refractivity (Wildman–Crippen MR) is 111 cm³/mol. The minimum absolute atomic E-state index is 0.467. The second-order valence-corrected chi connectivity index (χ2v) is 7.49. The molecule has 2 heterocycles. The van der Waals surface area contributed by atoms with Gasteiger partial charge in [-0.3, -0.25) is 4.99 Å². The molecular weight excluding hydrogens is 403 g/mol. The standard InChI is InChI=1S/C18H14Cl2N6S/c19-14-6-5-11(7-15(14)20)10-27-18-23-17(25-26-18)24-22-9-16-13-4-2-1-3-12(13)8-21-16/h1-7,9H,8,10H2,(H2,23,24,25,26)/b22-9+. The summed E-state index contributed by atoms with van der Waals surface area (Å²) in [5.41, 5.74) is 7.06. The number of H-pyrrole nitrogens is 1. The number of aromatic nitrogens is 3. The molecule has 0 radical (unpaired) electrons. The molecule has 3 aromatic rings. The molecule has 0 saturated heterocycles. The van der Waals surface area contributed by atoms with Crippen LogP contribution < -0.4 is 5.43 Å². The summed E-state index contributed by atoms with van der Waals surface area (Å²) in [5, 5.41) is 12.9. The van der Waals surface area contributed by atoms with E-state index in [1.165, 1.54) is 17.3 Å². The average Bonchev–Trinajstić information content (AvgIpc) is 3.30. The van der Waals surface area contributed by atoms with Gasteiger partial charge in [-0.25, -0.2) is 10.5 Å².